The Morgan fingerprint density at radius 2 is 1.50 bits per heavy atom. The predicted octanol–water partition coefficient (Wildman–Crippen LogP) is 1.85. The standard InChI is InChI=1S/C3H9PSeSi/c1-6(2,3)4-5/h1-3H3. The molecule has 36 valence electrons. The third kappa shape index (κ3) is 5.04. The Bertz CT molecular complexity index is 56.3. The predicted molar refractivity (Wildman–Crippen MR) is 36.0 cm³/mol. The van der Waals surface area contributed by atoms with Crippen molar-refractivity contribution in [1.82, 2.24) is 0 Å². The van der Waals surface area contributed by atoms with Crippen molar-refractivity contribution in [3.63, 3.8) is 0 Å². The summed E-state index contributed by atoms with van der Waals surface area (Å²) in [5.74, 6) is 0. The number of hydrogen-bond acceptors (Lipinski definition) is 0. The summed E-state index contributed by atoms with van der Waals surface area (Å²) in [4.78, 5) is 0. The summed E-state index contributed by atoms with van der Waals surface area (Å²) < 4.78 is 0. The molecular formula is C3H9PSeSi. The van der Waals surface area contributed by atoms with E-state index in [1.54, 1.807) is 0 Å². The van der Waals surface area contributed by atoms with Crippen LogP contribution in [0.1, 0.15) is 0 Å². The SMILES string of the molecule is C[Si](C)(C)P=[Se]. The molecule has 0 atom stereocenters. The second-order valence-electron chi connectivity index (χ2n) is 2.26. The molecule has 0 aliphatic heterocycles. The van der Waals surface area contributed by atoms with Crippen LogP contribution >= 0.6 is 6.37 Å². The van der Waals surface area contributed by atoms with E-state index >= 15 is 0 Å². The van der Waals surface area contributed by atoms with Crippen molar-refractivity contribution in [2.24, 2.45) is 0 Å². The Morgan fingerprint density at radius 1 is 1.33 bits per heavy atom. The summed E-state index contributed by atoms with van der Waals surface area (Å²) in [5.41, 5.74) is 0. The third-order valence-electron chi connectivity index (χ3n) is 0.274. The first kappa shape index (κ1) is 7.04. The molecule has 3 heteroatoms. The van der Waals surface area contributed by atoms with Gasteiger partial charge in [-0.05, 0) is 0 Å². The molecule has 0 rings (SSSR count). The average Bonchev–Trinajstić information content (AvgIpc) is 1.35. The molecule has 0 aromatic carbocycles. The summed E-state index contributed by atoms with van der Waals surface area (Å²) in [7, 11) is -0.715. The van der Waals surface area contributed by atoms with Crippen LogP contribution in [0.4, 0.5) is 0 Å². The van der Waals surface area contributed by atoms with Crippen LogP contribution in [0.2, 0.25) is 19.6 Å². The quantitative estimate of drug-likeness (QED) is 0.430. The molecule has 0 aliphatic rings. The molecule has 0 aliphatic carbocycles. The number of rotatable bonds is 1. The molecule has 0 amide bonds. The van der Waals surface area contributed by atoms with Crippen LogP contribution < -0.4 is 0 Å². The monoisotopic (exact) mass is 184 g/mol. The van der Waals surface area contributed by atoms with Gasteiger partial charge in [0.1, 0.15) is 0 Å². The van der Waals surface area contributed by atoms with Gasteiger partial charge < -0.3 is 0 Å². The zero-order valence-electron chi connectivity index (χ0n) is 4.36. The Kier molecular flexibility index (Phi) is 2.78. The molecule has 0 aromatic rings. The van der Waals surface area contributed by atoms with Gasteiger partial charge in [0.25, 0.3) is 0 Å². The van der Waals surface area contributed by atoms with E-state index in [1.165, 1.54) is 6.37 Å². The molecular weight excluding hydrogens is 174 g/mol. The van der Waals surface area contributed by atoms with Crippen LogP contribution in [-0.2, 0) is 0 Å². The first-order valence-corrected chi connectivity index (χ1v) is 9.36. The normalized spacial score (nSPS) is 12.5. The van der Waals surface area contributed by atoms with E-state index in [2.05, 4.69) is 34.7 Å². The van der Waals surface area contributed by atoms with Gasteiger partial charge in [0, 0.05) is 0 Å². The van der Waals surface area contributed by atoms with E-state index in [4.69, 9.17) is 0 Å². The molecule has 0 spiro atoms. The second kappa shape index (κ2) is 2.37. The topological polar surface area (TPSA) is 0 Å². The summed E-state index contributed by atoms with van der Waals surface area (Å²) in [6.07, 6.45) is 1.49. The fourth-order valence-electron chi connectivity index (χ4n) is 0. The zero-order valence-corrected chi connectivity index (χ0v) is 7.96. The van der Waals surface area contributed by atoms with Crippen LogP contribution in [0.15, 0.2) is 0 Å². The van der Waals surface area contributed by atoms with Crippen molar-refractivity contribution < 1.29 is 0 Å². The van der Waals surface area contributed by atoms with Gasteiger partial charge in [-0.1, -0.05) is 0 Å². The Labute approximate surface area is 49.2 Å². The van der Waals surface area contributed by atoms with Crippen molar-refractivity contribution in [2.45, 2.75) is 19.6 Å². The van der Waals surface area contributed by atoms with Crippen LogP contribution in [-0.4, -0.2) is 22.8 Å². The molecule has 0 radical (unpaired) electrons. The van der Waals surface area contributed by atoms with E-state index in [0.717, 1.165) is 0 Å². The minimum absolute atomic E-state index is 0.715. The van der Waals surface area contributed by atoms with Crippen LogP contribution in [0, 0.1) is 0 Å². The summed E-state index contributed by atoms with van der Waals surface area (Å²) in [5, 5.41) is 0. The van der Waals surface area contributed by atoms with Gasteiger partial charge in [-0.15, -0.1) is 0 Å². The Morgan fingerprint density at radius 3 is 1.50 bits per heavy atom. The Hall–Kier alpha value is 1.04. The van der Waals surface area contributed by atoms with Crippen molar-refractivity contribution in [3.8, 4) is 0 Å². The molecule has 0 aromatic heterocycles. The molecule has 0 nitrogen and oxygen atoms in total. The Balaban J connectivity index is 3.45. The zero-order chi connectivity index (χ0) is 5.21. The number of hydrogen-bond donors (Lipinski definition) is 0. The van der Waals surface area contributed by atoms with Gasteiger partial charge in [0.15, 0.2) is 0 Å². The van der Waals surface area contributed by atoms with E-state index in [9.17, 15) is 0 Å². The van der Waals surface area contributed by atoms with Crippen molar-refractivity contribution in [1.29, 1.82) is 0 Å². The molecule has 0 saturated heterocycles. The molecule has 0 fully saturated rings. The second-order valence-corrected chi connectivity index (χ2v) is 14.8. The van der Waals surface area contributed by atoms with Gasteiger partial charge in [0.2, 0.25) is 0 Å². The van der Waals surface area contributed by atoms with Crippen LogP contribution in [0.5, 0.6) is 0 Å². The maximum absolute atomic E-state index is 3.02. The first-order chi connectivity index (χ1) is 2.56. The maximum atomic E-state index is 3.02. The third-order valence-corrected chi connectivity index (χ3v) is 12.8. The fraction of sp³-hybridized carbons (Fsp3) is 1.00. The molecule has 6 heavy (non-hydrogen) atoms. The molecule has 0 N–H and O–H groups in total. The summed E-state index contributed by atoms with van der Waals surface area (Å²) in [6.45, 7) is 7.02. The van der Waals surface area contributed by atoms with Gasteiger partial charge in [-0.3, -0.25) is 0 Å². The molecule has 0 bridgehead atoms. The van der Waals surface area contributed by atoms with Crippen molar-refractivity contribution in [3.05, 3.63) is 0 Å². The summed E-state index contributed by atoms with van der Waals surface area (Å²) >= 11 is 3.02. The van der Waals surface area contributed by atoms with Crippen molar-refractivity contribution in [2.75, 3.05) is 0 Å². The van der Waals surface area contributed by atoms with Gasteiger partial charge in [-0.25, -0.2) is 0 Å². The van der Waals surface area contributed by atoms with E-state index in [-0.39, 0.29) is 0 Å². The van der Waals surface area contributed by atoms with E-state index in [0.29, 0.717) is 0 Å². The van der Waals surface area contributed by atoms with Gasteiger partial charge in [-0.2, -0.15) is 0 Å². The first-order valence-electron chi connectivity index (χ1n) is 1.91. The average molecular weight is 183 g/mol. The molecule has 0 heterocycles. The van der Waals surface area contributed by atoms with Crippen molar-refractivity contribution >= 4 is 29.2 Å². The molecule has 0 saturated carbocycles. The van der Waals surface area contributed by atoms with Crippen LogP contribution in [0.25, 0.3) is 0 Å². The fourth-order valence-corrected chi connectivity index (χ4v) is 0. The van der Waals surface area contributed by atoms with E-state index in [1.807, 2.05) is 0 Å². The summed E-state index contributed by atoms with van der Waals surface area (Å²) in [6, 6.07) is 0. The van der Waals surface area contributed by atoms with E-state index < -0.39 is 7.74 Å². The minimum atomic E-state index is -0.715. The molecule has 0 unspecified atom stereocenters. The van der Waals surface area contributed by atoms with Crippen LogP contribution in [0.3, 0.4) is 0 Å². The van der Waals surface area contributed by atoms with Gasteiger partial charge >= 0.3 is 48.9 Å². The van der Waals surface area contributed by atoms with Gasteiger partial charge in [0.05, 0.1) is 0 Å².